The highest BCUT2D eigenvalue weighted by molar-refractivity contribution is 5.68. The summed E-state index contributed by atoms with van der Waals surface area (Å²) in [6.45, 7) is 1.96. The molecule has 0 radical (unpaired) electrons. The molecule has 1 aliphatic rings. The average molecular weight is 287 g/mol. The third-order valence-corrected chi connectivity index (χ3v) is 3.88. The average Bonchev–Trinajstić information content (AvgIpc) is 2.36. The van der Waals surface area contributed by atoms with E-state index in [2.05, 4.69) is 11.9 Å². The molecule has 1 aliphatic heterocycles. The fourth-order valence-electron chi connectivity index (χ4n) is 2.70. The summed E-state index contributed by atoms with van der Waals surface area (Å²) >= 11 is 0. The molecule has 1 atom stereocenters. The van der Waals surface area contributed by atoms with Gasteiger partial charge in [0.25, 0.3) is 0 Å². The first-order chi connectivity index (χ1) is 9.29. The van der Waals surface area contributed by atoms with E-state index in [4.69, 9.17) is 5.73 Å². The topological polar surface area (TPSA) is 32.5 Å². The Bertz CT molecular complexity index is 473. The van der Waals surface area contributed by atoms with Crippen molar-refractivity contribution in [2.24, 2.45) is 0 Å². The van der Waals surface area contributed by atoms with Crippen LogP contribution in [0.3, 0.4) is 0 Å². The maximum Gasteiger partial charge on any atom is 0.416 e. The van der Waals surface area contributed by atoms with Gasteiger partial charge in [0.05, 0.1) is 16.9 Å². The molecule has 0 aliphatic carbocycles. The van der Waals surface area contributed by atoms with Crippen molar-refractivity contribution in [2.75, 3.05) is 37.8 Å². The smallest absolute Gasteiger partial charge is 0.397 e. The first-order valence-corrected chi connectivity index (χ1v) is 6.67. The molecular formula is C14H20F3N3. The number of likely N-dealkylation sites (N-methyl/N-ethyl adjacent to an activating group) is 2. The van der Waals surface area contributed by atoms with Crippen molar-refractivity contribution in [3.63, 3.8) is 0 Å². The number of hydrogen-bond acceptors (Lipinski definition) is 3. The van der Waals surface area contributed by atoms with Gasteiger partial charge in [-0.3, -0.25) is 0 Å². The highest BCUT2D eigenvalue weighted by Gasteiger charge is 2.31. The van der Waals surface area contributed by atoms with E-state index in [1.54, 1.807) is 0 Å². The molecule has 1 unspecified atom stereocenters. The van der Waals surface area contributed by atoms with E-state index >= 15 is 0 Å². The lowest BCUT2D eigenvalue weighted by Gasteiger charge is -2.37. The largest absolute Gasteiger partial charge is 0.416 e. The van der Waals surface area contributed by atoms with E-state index in [1.165, 1.54) is 6.07 Å². The molecule has 0 aromatic heterocycles. The molecule has 1 saturated heterocycles. The van der Waals surface area contributed by atoms with Gasteiger partial charge in [-0.15, -0.1) is 0 Å². The van der Waals surface area contributed by atoms with Crippen molar-refractivity contribution in [3.8, 4) is 0 Å². The van der Waals surface area contributed by atoms with E-state index in [0.717, 1.165) is 38.1 Å². The second kappa shape index (κ2) is 5.52. The standard InChI is InChI=1S/C14H20F3N3/c1-19-7-3-4-11(9-19)20(2)13-6-5-10(8-12(13)18)14(15,16)17/h5-6,8,11H,3-4,7,9,18H2,1-2H3. The fourth-order valence-corrected chi connectivity index (χ4v) is 2.70. The Morgan fingerprint density at radius 3 is 2.60 bits per heavy atom. The summed E-state index contributed by atoms with van der Waals surface area (Å²) in [6, 6.07) is 3.85. The minimum atomic E-state index is -4.35. The SMILES string of the molecule is CN1CCCC(N(C)c2ccc(C(F)(F)F)cc2N)C1. The Kier molecular flexibility index (Phi) is 4.13. The van der Waals surface area contributed by atoms with E-state index in [9.17, 15) is 13.2 Å². The zero-order valence-electron chi connectivity index (χ0n) is 11.7. The van der Waals surface area contributed by atoms with E-state index < -0.39 is 11.7 Å². The molecule has 0 saturated carbocycles. The zero-order valence-corrected chi connectivity index (χ0v) is 11.7. The van der Waals surface area contributed by atoms with Crippen LogP contribution < -0.4 is 10.6 Å². The van der Waals surface area contributed by atoms with Gasteiger partial charge in [0.2, 0.25) is 0 Å². The van der Waals surface area contributed by atoms with Crippen LogP contribution in [0.2, 0.25) is 0 Å². The molecule has 2 rings (SSSR count). The van der Waals surface area contributed by atoms with Gasteiger partial charge in [-0.05, 0) is 44.6 Å². The molecule has 112 valence electrons. The van der Waals surface area contributed by atoms with Crippen LogP contribution in [0.4, 0.5) is 24.5 Å². The van der Waals surface area contributed by atoms with E-state index in [0.29, 0.717) is 5.69 Å². The summed E-state index contributed by atoms with van der Waals surface area (Å²) in [5, 5.41) is 0. The lowest BCUT2D eigenvalue weighted by molar-refractivity contribution is -0.137. The molecular weight excluding hydrogens is 267 g/mol. The van der Waals surface area contributed by atoms with Crippen LogP contribution in [0.1, 0.15) is 18.4 Å². The van der Waals surface area contributed by atoms with Crippen LogP contribution in [0.5, 0.6) is 0 Å². The van der Waals surface area contributed by atoms with E-state index in [-0.39, 0.29) is 11.7 Å². The number of likely N-dealkylation sites (tertiary alicyclic amines) is 1. The highest BCUT2D eigenvalue weighted by Crippen LogP contribution is 2.34. The van der Waals surface area contributed by atoms with Crippen molar-refractivity contribution in [1.82, 2.24) is 4.90 Å². The summed E-state index contributed by atoms with van der Waals surface area (Å²) in [7, 11) is 3.94. The first-order valence-electron chi connectivity index (χ1n) is 6.67. The predicted molar refractivity (Wildman–Crippen MR) is 74.8 cm³/mol. The van der Waals surface area contributed by atoms with Crippen molar-refractivity contribution in [3.05, 3.63) is 23.8 Å². The van der Waals surface area contributed by atoms with Crippen LogP contribution in [0.25, 0.3) is 0 Å². The molecule has 2 N–H and O–H groups in total. The number of nitrogens with zero attached hydrogens (tertiary/aromatic N) is 2. The van der Waals surface area contributed by atoms with E-state index in [1.807, 2.05) is 11.9 Å². The molecule has 0 bridgehead atoms. The quantitative estimate of drug-likeness (QED) is 0.849. The number of nitrogens with two attached hydrogens (primary N) is 1. The third kappa shape index (κ3) is 3.17. The van der Waals surface area contributed by atoms with Crippen molar-refractivity contribution in [1.29, 1.82) is 0 Å². The van der Waals surface area contributed by atoms with Crippen LogP contribution >= 0.6 is 0 Å². The highest BCUT2D eigenvalue weighted by atomic mass is 19.4. The number of nitrogen functional groups attached to an aromatic ring is 1. The summed E-state index contributed by atoms with van der Waals surface area (Å²) in [5.41, 5.74) is 5.95. The normalized spacial score (nSPS) is 20.9. The Morgan fingerprint density at radius 1 is 1.35 bits per heavy atom. The molecule has 1 heterocycles. The second-order valence-corrected chi connectivity index (χ2v) is 5.44. The van der Waals surface area contributed by atoms with Gasteiger partial charge in [-0.1, -0.05) is 0 Å². The number of benzene rings is 1. The summed E-state index contributed by atoms with van der Waals surface area (Å²) in [5.74, 6) is 0. The van der Waals surface area contributed by atoms with Gasteiger partial charge in [-0.2, -0.15) is 13.2 Å². The number of anilines is 2. The minimum absolute atomic E-state index is 0.176. The number of alkyl halides is 3. The Balaban J connectivity index is 2.20. The maximum atomic E-state index is 12.6. The summed E-state index contributed by atoms with van der Waals surface area (Å²) in [4.78, 5) is 4.22. The van der Waals surface area contributed by atoms with Crippen LogP contribution in [0.15, 0.2) is 18.2 Å². The van der Waals surface area contributed by atoms with Crippen molar-refractivity contribution < 1.29 is 13.2 Å². The van der Waals surface area contributed by atoms with Crippen LogP contribution in [0, 0.1) is 0 Å². The van der Waals surface area contributed by atoms with Crippen molar-refractivity contribution >= 4 is 11.4 Å². The molecule has 1 aromatic rings. The van der Waals surface area contributed by atoms with Gasteiger partial charge in [0.1, 0.15) is 0 Å². The van der Waals surface area contributed by atoms with Gasteiger partial charge < -0.3 is 15.5 Å². The lowest BCUT2D eigenvalue weighted by Crippen LogP contribution is -2.45. The molecule has 6 heteroatoms. The fraction of sp³-hybridized carbons (Fsp3) is 0.571. The van der Waals surface area contributed by atoms with Crippen LogP contribution in [-0.2, 0) is 6.18 Å². The van der Waals surface area contributed by atoms with Gasteiger partial charge in [-0.25, -0.2) is 0 Å². The van der Waals surface area contributed by atoms with Crippen molar-refractivity contribution in [2.45, 2.75) is 25.1 Å². The Morgan fingerprint density at radius 2 is 2.05 bits per heavy atom. The third-order valence-electron chi connectivity index (χ3n) is 3.88. The molecule has 1 aromatic carbocycles. The predicted octanol–water partition coefficient (Wildman–Crippen LogP) is 2.82. The lowest BCUT2D eigenvalue weighted by atomic mass is 10.0. The molecule has 1 fully saturated rings. The monoisotopic (exact) mass is 287 g/mol. The first kappa shape index (κ1) is 15.0. The Labute approximate surface area is 117 Å². The minimum Gasteiger partial charge on any atom is -0.397 e. The molecule has 20 heavy (non-hydrogen) atoms. The Hall–Kier alpha value is -1.43. The van der Waals surface area contributed by atoms with Crippen LogP contribution in [-0.4, -0.2) is 38.1 Å². The number of hydrogen-bond donors (Lipinski definition) is 1. The van der Waals surface area contributed by atoms with Gasteiger partial charge in [0.15, 0.2) is 0 Å². The number of piperidine rings is 1. The number of rotatable bonds is 2. The number of halogens is 3. The second-order valence-electron chi connectivity index (χ2n) is 5.44. The zero-order chi connectivity index (χ0) is 14.9. The molecule has 0 spiro atoms. The molecule has 3 nitrogen and oxygen atoms in total. The van der Waals surface area contributed by atoms with Gasteiger partial charge in [0, 0.05) is 19.6 Å². The maximum absolute atomic E-state index is 12.6. The molecule has 0 amide bonds. The van der Waals surface area contributed by atoms with Gasteiger partial charge >= 0.3 is 6.18 Å². The summed E-state index contributed by atoms with van der Waals surface area (Å²) < 4.78 is 37.9. The summed E-state index contributed by atoms with van der Waals surface area (Å²) in [6.07, 6.45) is -2.23.